The second kappa shape index (κ2) is 7.16. The van der Waals surface area contributed by atoms with Gasteiger partial charge in [-0.05, 0) is 25.1 Å². The first kappa shape index (κ1) is 15.5. The molecule has 0 spiro atoms. The average molecular weight is 302 g/mol. The van der Waals surface area contributed by atoms with Crippen molar-refractivity contribution in [3.63, 3.8) is 0 Å². The van der Waals surface area contributed by atoms with Crippen LogP contribution in [0.25, 0.3) is 6.08 Å². The standard InChI is InChI=1S/C13H13Cl2NO3/c1-8(13(18)19-2)16-12(17)7-6-9-10(14)4-3-5-11(9)15/h3-8H,1-2H3,(H,16,17). The van der Waals surface area contributed by atoms with E-state index >= 15 is 0 Å². The van der Waals surface area contributed by atoms with Gasteiger partial charge in [-0.3, -0.25) is 4.79 Å². The SMILES string of the molecule is COC(=O)C(C)NC(=O)C=Cc1c(Cl)cccc1Cl. The molecule has 0 saturated carbocycles. The monoisotopic (exact) mass is 301 g/mol. The zero-order chi connectivity index (χ0) is 14.4. The number of hydrogen-bond donors (Lipinski definition) is 1. The Balaban J connectivity index is 2.72. The minimum absolute atomic E-state index is 0.436. The van der Waals surface area contributed by atoms with Gasteiger partial charge in [0.2, 0.25) is 5.91 Å². The van der Waals surface area contributed by atoms with Crippen molar-refractivity contribution >= 4 is 41.2 Å². The van der Waals surface area contributed by atoms with Crippen molar-refractivity contribution in [3.05, 3.63) is 39.9 Å². The molecule has 1 rings (SSSR count). The van der Waals surface area contributed by atoms with Gasteiger partial charge >= 0.3 is 5.97 Å². The van der Waals surface area contributed by atoms with Crippen LogP contribution in [-0.2, 0) is 14.3 Å². The van der Waals surface area contributed by atoms with E-state index < -0.39 is 17.9 Å². The van der Waals surface area contributed by atoms with Crippen LogP contribution in [0.5, 0.6) is 0 Å². The third-order valence-corrected chi connectivity index (χ3v) is 2.97. The summed E-state index contributed by atoms with van der Waals surface area (Å²) >= 11 is 11.9. The first-order valence-electron chi connectivity index (χ1n) is 5.46. The molecule has 0 saturated heterocycles. The van der Waals surface area contributed by atoms with Gasteiger partial charge in [-0.2, -0.15) is 0 Å². The largest absolute Gasteiger partial charge is 0.467 e. The topological polar surface area (TPSA) is 55.4 Å². The highest BCUT2D eigenvalue weighted by molar-refractivity contribution is 6.37. The Hall–Kier alpha value is -1.52. The average Bonchev–Trinajstić information content (AvgIpc) is 2.37. The number of halogens is 2. The van der Waals surface area contributed by atoms with Crippen LogP contribution in [-0.4, -0.2) is 25.0 Å². The molecule has 1 aromatic carbocycles. The van der Waals surface area contributed by atoms with Gasteiger partial charge in [0.05, 0.1) is 7.11 Å². The first-order chi connectivity index (χ1) is 8.95. The quantitative estimate of drug-likeness (QED) is 0.687. The van der Waals surface area contributed by atoms with Crippen molar-refractivity contribution in [2.45, 2.75) is 13.0 Å². The molecule has 0 heterocycles. The van der Waals surface area contributed by atoms with Gasteiger partial charge in [0.15, 0.2) is 0 Å². The molecule has 0 aliphatic carbocycles. The van der Waals surface area contributed by atoms with Gasteiger partial charge in [0.25, 0.3) is 0 Å². The molecule has 1 unspecified atom stereocenters. The fourth-order valence-corrected chi connectivity index (χ4v) is 1.85. The molecule has 0 fully saturated rings. The normalized spacial score (nSPS) is 12.2. The molecular formula is C13H13Cl2NO3. The van der Waals surface area contributed by atoms with Gasteiger partial charge in [-0.25, -0.2) is 4.79 Å². The number of rotatable bonds is 4. The van der Waals surface area contributed by atoms with Crippen LogP contribution >= 0.6 is 23.2 Å². The van der Waals surface area contributed by atoms with E-state index in [1.165, 1.54) is 26.2 Å². The zero-order valence-electron chi connectivity index (χ0n) is 10.4. The summed E-state index contributed by atoms with van der Waals surface area (Å²) in [7, 11) is 1.25. The molecule has 0 aliphatic rings. The molecule has 1 atom stereocenters. The molecular weight excluding hydrogens is 289 g/mol. The molecule has 1 N–H and O–H groups in total. The van der Waals surface area contributed by atoms with Crippen molar-refractivity contribution < 1.29 is 14.3 Å². The molecule has 4 nitrogen and oxygen atoms in total. The van der Waals surface area contributed by atoms with Crippen LogP contribution in [0.2, 0.25) is 10.0 Å². The lowest BCUT2D eigenvalue weighted by Gasteiger charge is -2.09. The number of hydrogen-bond acceptors (Lipinski definition) is 3. The number of esters is 1. The summed E-state index contributed by atoms with van der Waals surface area (Å²) in [5.74, 6) is -0.952. The summed E-state index contributed by atoms with van der Waals surface area (Å²) in [6.45, 7) is 1.53. The highest BCUT2D eigenvalue weighted by Gasteiger charge is 2.14. The zero-order valence-corrected chi connectivity index (χ0v) is 12.0. The summed E-state index contributed by atoms with van der Waals surface area (Å²) < 4.78 is 4.49. The fraction of sp³-hybridized carbons (Fsp3) is 0.231. The Kier molecular flexibility index (Phi) is 5.86. The van der Waals surface area contributed by atoms with Crippen LogP contribution in [0.1, 0.15) is 12.5 Å². The molecule has 0 radical (unpaired) electrons. The van der Waals surface area contributed by atoms with Crippen LogP contribution in [0.3, 0.4) is 0 Å². The summed E-state index contributed by atoms with van der Waals surface area (Å²) in [5.41, 5.74) is 0.548. The highest BCUT2D eigenvalue weighted by Crippen LogP contribution is 2.25. The predicted molar refractivity (Wildman–Crippen MR) is 75.1 cm³/mol. The molecule has 0 aromatic heterocycles. The molecule has 6 heteroatoms. The van der Waals surface area contributed by atoms with Gasteiger partial charge < -0.3 is 10.1 Å². The van der Waals surface area contributed by atoms with Crippen LogP contribution in [0, 0.1) is 0 Å². The Labute approximate surface area is 121 Å². The third kappa shape index (κ3) is 4.58. The maximum atomic E-state index is 11.6. The Bertz CT molecular complexity index is 494. The number of nitrogens with one attached hydrogen (secondary N) is 1. The number of amides is 1. The predicted octanol–water partition coefficient (Wildman–Crippen LogP) is 2.68. The molecule has 0 bridgehead atoms. The summed E-state index contributed by atoms with van der Waals surface area (Å²) in [5, 5.41) is 3.34. The smallest absolute Gasteiger partial charge is 0.328 e. The van der Waals surface area contributed by atoms with Crippen molar-refractivity contribution in [1.82, 2.24) is 5.32 Å². The van der Waals surface area contributed by atoms with Crippen molar-refractivity contribution in [2.24, 2.45) is 0 Å². The number of ether oxygens (including phenoxy) is 1. The lowest BCUT2D eigenvalue weighted by Crippen LogP contribution is -2.38. The summed E-state index contributed by atoms with van der Waals surface area (Å²) in [4.78, 5) is 22.7. The van der Waals surface area contributed by atoms with Crippen LogP contribution < -0.4 is 5.32 Å². The lowest BCUT2D eigenvalue weighted by atomic mass is 10.2. The van der Waals surface area contributed by atoms with E-state index in [1.54, 1.807) is 18.2 Å². The molecule has 1 amide bonds. The fourth-order valence-electron chi connectivity index (χ4n) is 1.33. The van der Waals surface area contributed by atoms with E-state index in [0.717, 1.165) is 0 Å². The van der Waals surface area contributed by atoms with Crippen LogP contribution in [0.4, 0.5) is 0 Å². The number of carbonyl (C=O) groups is 2. The Morgan fingerprint density at radius 3 is 2.42 bits per heavy atom. The highest BCUT2D eigenvalue weighted by atomic mass is 35.5. The summed E-state index contributed by atoms with van der Waals surface area (Å²) in [6.07, 6.45) is 2.75. The molecule has 19 heavy (non-hydrogen) atoms. The lowest BCUT2D eigenvalue weighted by molar-refractivity contribution is -0.144. The second-order valence-electron chi connectivity index (χ2n) is 3.72. The summed E-state index contributed by atoms with van der Waals surface area (Å²) in [6, 6.07) is 4.33. The van der Waals surface area contributed by atoms with E-state index in [2.05, 4.69) is 10.1 Å². The molecule has 1 aromatic rings. The third-order valence-electron chi connectivity index (χ3n) is 2.31. The second-order valence-corrected chi connectivity index (χ2v) is 4.54. The van der Waals surface area contributed by atoms with E-state index in [4.69, 9.17) is 23.2 Å². The first-order valence-corrected chi connectivity index (χ1v) is 6.21. The molecule has 102 valence electrons. The van der Waals surface area contributed by atoms with Gasteiger partial charge in [0, 0.05) is 21.7 Å². The maximum absolute atomic E-state index is 11.6. The van der Waals surface area contributed by atoms with Crippen molar-refractivity contribution in [3.8, 4) is 0 Å². The van der Waals surface area contributed by atoms with Crippen molar-refractivity contribution in [1.29, 1.82) is 0 Å². The van der Waals surface area contributed by atoms with Crippen LogP contribution in [0.15, 0.2) is 24.3 Å². The molecule has 0 aliphatic heterocycles. The van der Waals surface area contributed by atoms with Gasteiger partial charge in [-0.15, -0.1) is 0 Å². The number of benzene rings is 1. The number of carbonyl (C=O) groups excluding carboxylic acids is 2. The number of methoxy groups -OCH3 is 1. The van der Waals surface area contributed by atoms with Gasteiger partial charge in [0.1, 0.15) is 6.04 Å². The minimum Gasteiger partial charge on any atom is -0.467 e. The van der Waals surface area contributed by atoms with E-state index in [0.29, 0.717) is 15.6 Å². The van der Waals surface area contributed by atoms with Crippen molar-refractivity contribution in [2.75, 3.05) is 7.11 Å². The minimum atomic E-state index is -0.719. The Morgan fingerprint density at radius 1 is 1.32 bits per heavy atom. The van der Waals surface area contributed by atoms with E-state index in [1.807, 2.05) is 0 Å². The maximum Gasteiger partial charge on any atom is 0.328 e. The van der Waals surface area contributed by atoms with Gasteiger partial charge in [-0.1, -0.05) is 29.3 Å². The van der Waals surface area contributed by atoms with E-state index in [9.17, 15) is 9.59 Å². The Morgan fingerprint density at radius 2 is 1.89 bits per heavy atom. The van der Waals surface area contributed by atoms with E-state index in [-0.39, 0.29) is 0 Å².